The number of carbonyl (C=O) groups is 1. The van der Waals surface area contributed by atoms with E-state index in [1.807, 2.05) is 4.57 Å². The predicted octanol–water partition coefficient (Wildman–Crippen LogP) is 3.69. The van der Waals surface area contributed by atoms with Crippen molar-refractivity contribution >= 4 is 45.8 Å². The van der Waals surface area contributed by atoms with E-state index in [9.17, 15) is 9.59 Å². The SMILES string of the molecule is O=C(Nc1c(Cl)cncc1Cl)c1cn(C2CC2)c2ncccc2c1=O. The minimum atomic E-state index is -0.569. The smallest absolute Gasteiger partial charge is 0.261 e. The summed E-state index contributed by atoms with van der Waals surface area (Å²) < 4.78 is 1.89. The predicted molar refractivity (Wildman–Crippen MR) is 96.5 cm³/mol. The minimum Gasteiger partial charge on any atom is -0.328 e. The zero-order valence-corrected chi connectivity index (χ0v) is 14.4. The molecule has 0 aliphatic heterocycles. The fourth-order valence-electron chi connectivity index (χ4n) is 2.69. The lowest BCUT2D eigenvalue weighted by atomic mass is 10.1. The van der Waals surface area contributed by atoms with Gasteiger partial charge in [-0.2, -0.15) is 0 Å². The highest BCUT2D eigenvalue weighted by molar-refractivity contribution is 6.39. The van der Waals surface area contributed by atoms with Crippen LogP contribution in [-0.2, 0) is 0 Å². The standard InChI is InChI=1S/C17H12Cl2N4O2/c18-12-6-20-7-13(19)14(12)22-17(25)11-8-23(9-3-4-9)16-10(15(11)24)2-1-5-21-16/h1-2,5-9H,3-4H2,(H,20,22,25). The highest BCUT2D eigenvalue weighted by Crippen LogP contribution is 2.36. The average molecular weight is 375 g/mol. The number of fused-ring (bicyclic) bond motifs is 1. The van der Waals surface area contributed by atoms with Gasteiger partial charge in [0, 0.05) is 30.8 Å². The summed E-state index contributed by atoms with van der Waals surface area (Å²) in [6, 6.07) is 3.61. The number of aromatic nitrogens is 3. The van der Waals surface area contributed by atoms with Gasteiger partial charge >= 0.3 is 0 Å². The first-order valence-corrected chi connectivity index (χ1v) is 8.42. The molecule has 6 nitrogen and oxygen atoms in total. The third kappa shape index (κ3) is 2.88. The van der Waals surface area contributed by atoms with E-state index >= 15 is 0 Å². The first-order valence-electron chi connectivity index (χ1n) is 7.66. The number of anilines is 1. The zero-order chi connectivity index (χ0) is 17.6. The highest BCUT2D eigenvalue weighted by atomic mass is 35.5. The molecule has 0 aromatic carbocycles. The Bertz CT molecular complexity index is 1040. The van der Waals surface area contributed by atoms with Gasteiger partial charge in [-0.15, -0.1) is 0 Å². The number of amides is 1. The van der Waals surface area contributed by atoms with Crippen LogP contribution in [0.3, 0.4) is 0 Å². The van der Waals surface area contributed by atoms with Gasteiger partial charge in [-0.25, -0.2) is 4.98 Å². The molecule has 0 saturated heterocycles. The summed E-state index contributed by atoms with van der Waals surface area (Å²) >= 11 is 12.1. The maximum absolute atomic E-state index is 12.7. The van der Waals surface area contributed by atoms with Gasteiger partial charge in [0.2, 0.25) is 5.43 Å². The number of rotatable bonds is 3. The molecule has 1 amide bonds. The van der Waals surface area contributed by atoms with Crippen LogP contribution < -0.4 is 10.7 Å². The van der Waals surface area contributed by atoms with E-state index in [0.29, 0.717) is 11.0 Å². The molecule has 3 heterocycles. The van der Waals surface area contributed by atoms with Crippen molar-refractivity contribution in [2.45, 2.75) is 18.9 Å². The fourth-order valence-corrected chi connectivity index (χ4v) is 3.15. The van der Waals surface area contributed by atoms with Gasteiger partial charge in [0.25, 0.3) is 5.91 Å². The summed E-state index contributed by atoms with van der Waals surface area (Å²) in [6.45, 7) is 0. The number of pyridine rings is 3. The lowest BCUT2D eigenvalue weighted by Gasteiger charge is -2.12. The van der Waals surface area contributed by atoms with Crippen LogP contribution in [0.4, 0.5) is 5.69 Å². The first kappa shape index (κ1) is 16.1. The second kappa shape index (κ2) is 6.13. The molecule has 0 bridgehead atoms. The molecule has 126 valence electrons. The Morgan fingerprint density at radius 2 is 1.96 bits per heavy atom. The second-order valence-corrected chi connectivity index (χ2v) is 6.63. The van der Waals surface area contributed by atoms with Crippen molar-refractivity contribution in [1.29, 1.82) is 0 Å². The monoisotopic (exact) mass is 374 g/mol. The summed E-state index contributed by atoms with van der Waals surface area (Å²) in [6.07, 6.45) is 7.94. The third-order valence-corrected chi connectivity index (χ3v) is 4.64. The lowest BCUT2D eigenvalue weighted by molar-refractivity contribution is 0.102. The Hall–Kier alpha value is -2.44. The average Bonchev–Trinajstić information content (AvgIpc) is 3.44. The van der Waals surface area contributed by atoms with Crippen LogP contribution in [0.2, 0.25) is 10.0 Å². The van der Waals surface area contributed by atoms with Crippen molar-refractivity contribution in [2.75, 3.05) is 5.32 Å². The van der Waals surface area contributed by atoms with Gasteiger partial charge in [-0.3, -0.25) is 14.6 Å². The number of nitrogens with one attached hydrogen (secondary N) is 1. The molecule has 4 rings (SSSR count). The minimum absolute atomic E-state index is 0.0244. The molecular weight excluding hydrogens is 363 g/mol. The lowest BCUT2D eigenvalue weighted by Crippen LogP contribution is -2.24. The van der Waals surface area contributed by atoms with Crippen LogP contribution in [0, 0.1) is 0 Å². The molecule has 0 spiro atoms. The fraction of sp³-hybridized carbons (Fsp3) is 0.176. The molecule has 1 aliphatic carbocycles. The molecule has 8 heteroatoms. The maximum atomic E-state index is 12.7. The van der Waals surface area contributed by atoms with Crippen LogP contribution in [0.25, 0.3) is 11.0 Å². The van der Waals surface area contributed by atoms with E-state index < -0.39 is 5.91 Å². The van der Waals surface area contributed by atoms with Gasteiger partial charge in [0.05, 0.1) is 21.1 Å². The topological polar surface area (TPSA) is 76.9 Å². The third-order valence-electron chi connectivity index (χ3n) is 4.07. The number of hydrogen-bond donors (Lipinski definition) is 1. The van der Waals surface area contributed by atoms with E-state index in [1.165, 1.54) is 12.4 Å². The van der Waals surface area contributed by atoms with E-state index in [1.54, 1.807) is 24.5 Å². The second-order valence-electron chi connectivity index (χ2n) is 5.82. The van der Waals surface area contributed by atoms with Crippen molar-refractivity contribution in [1.82, 2.24) is 14.5 Å². The number of hydrogen-bond acceptors (Lipinski definition) is 4. The Morgan fingerprint density at radius 3 is 2.64 bits per heavy atom. The van der Waals surface area contributed by atoms with E-state index in [4.69, 9.17) is 23.2 Å². The van der Waals surface area contributed by atoms with Crippen molar-refractivity contribution in [3.8, 4) is 0 Å². The van der Waals surface area contributed by atoms with E-state index in [2.05, 4.69) is 15.3 Å². The van der Waals surface area contributed by atoms with Gasteiger partial charge in [0.1, 0.15) is 11.2 Å². The molecule has 0 radical (unpaired) electrons. The summed E-state index contributed by atoms with van der Waals surface area (Å²) in [5, 5.41) is 3.42. The quantitative estimate of drug-likeness (QED) is 0.758. The van der Waals surface area contributed by atoms with Crippen molar-refractivity contribution in [3.05, 3.63) is 62.8 Å². The molecule has 25 heavy (non-hydrogen) atoms. The number of carbonyl (C=O) groups excluding carboxylic acids is 1. The van der Waals surface area contributed by atoms with E-state index in [-0.39, 0.29) is 32.8 Å². The molecule has 3 aromatic rings. The van der Waals surface area contributed by atoms with Crippen LogP contribution in [0.15, 0.2) is 41.7 Å². The largest absolute Gasteiger partial charge is 0.328 e. The molecular formula is C17H12Cl2N4O2. The van der Waals surface area contributed by atoms with Crippen molar-refractivity contribution < 1.29 is 4.79 Å². The summed E-state index contributed by atoms with van der Waals surface area (Å²) in [4.78, 5) is 33.6. The van der Waals surface area contributed by atoms with E-state index in [0.717, 1.165) is 12.8 Å². The maximum Gasteiger partial charge on any atom is 0.261 e. The van der Waals surface area contributed by atoms with Crippen molar-refractivity contribution in [3.63, 3.8) is 0 Å². The van der Waals surface area contributed by atoms with Crippen LogP contribution in [0.1, 0.15) is 29.2 Å². The summed E-state index contributed by atoms with van der Waals surface area (Å²) in [7, 11) is 0. The zero-order valence-electron chi connectivity index (χ0n) is 12.9. The first-order chi connectivity index (χ1) is 12.1. The van der Waals surface area contributed by atoms with Crippen LogP contribution >= 0.6 is 23.2 Å². The van der Waals surface area contributed by atoms with Gasteiger partial charge in [0.15, 0.2) is 0 Å². The highest BCUT2D eigenvalue weighted by Gasteiger charge is 2.27. The summed E-state index contributed by atoms with van der Waals surface area (Å²) in [5.41, 5.74) is 0.466. The van der Waals surface area contributed by atoms with Crippen molar-refractivity contribution in [2.24, 2.45) is 0 Å². The Kier molecular flexibility index (Phi) is 3.94. The van der Waals surface area contributed by atoms with Crippen LogP contribution in [0.5, 0.6) is 0 Å². The van der Waals surface area contributed by atoms with Gasteiger partial charge in [-0.05, 0) is 25.0 Å². The van der Waals surface area contributed by atoms with Crippen LogP contribution in [-0.4, -0.2) is 20.4 Å². The Balaban J connectivity index is 1.82. The van der Waals surface area contributed by atoms with Gasteiger partial charge in [-0.1, -0.05) is 23.2 Å². The van der Waals surface area contributed by atoms with Gasteiger partial charge < -0.3 is 9.88 Å². The summed E-state index contributed by atoms with van der Waals surface area (Å²) in [5.74, 6) is -0.569. The Morgan fingerprint density at radius 1 is 1.24 bits per heavy atom. The molecule has 1 N–H and O–H groups in total. The molecule has 1 aliphatic rings. The number of halogens is 2. The molecule has 3 aromatic heterocycles. The number of nitrogens with zero attached hydrogens (tertiary/aromatic N) is 3. The normalized spacial score (nSPS) is 13.8. The molecule has 0 atom stereocenters. The molecule has 1 fully saturated rings. The molecule has 0 unspecified atom stereocenters. The Labute approximate surface area is 152 Å². The molecule has 1 saturated carbocycles.